The van der Waals surface area contributed by atoms with Gasteiger partial charge in [-0.15, -0.1) is 0 Å². The maximum absolute atomic E-state index is 10.6. The average Bonchev–Trinajstić information content (AvgIpc) is 2.12. The number of allylic oxidation sites excluding steroid dienone is 1. The van der Waals surface area contributed by atoms with Gasteiger partial charge in [-0.3, -0.25) is 4.79 Å². The third-order valence-corrected chi connectivity index (χ3v) is 1.16. The number of carbonyl (C=O) groups excluding carboxylic acids is 1. The number of hydrogen-bond donors (Lipinski definition) is 0. The van der Waals surface area contributed by atoms with E-state index in [1.807, 2.05) is 0 Å². The highest BCUT2D eigenvalue weighted by atomic mass is 16.5. The molecule has 0 aromatic carbocycles. The van der Waals surface area contributed by atoms with Crippen molar-refractivity contribution in [2.24, 2.45) is 0 Å². The van der Waals surface area contributed by atoms with E-state index in [0.717, 1.165) is 0 Å². The van der Waals surface area contributed by atoms with Gasteiger partial charge in [-0.1, -0.05) is 0 Å². The lowest BCUT2D eigenvalue weighted by Gasteiger charge is -1.88. The third kappa shape index (κ3) is 0.789. The quantitative estimate of drug-likeness (QED) is 0.468. The number of hydrogen-bond acceptors (Lipinski definition) is 3. The number of Topliss-reactive ketones (excluding diaryl/α,β-unsaturated/α-hetero) is 1. The summed E-state index contributed by atoms with van der Waals surface area (Å²) in [6, 6.07) is 1.77. The molecule has 0 fully saturated rings. The molecule has 0 N–H and O–H groups in total. The highest BCUT2D eigenvalue weighted by Gasteiger charge is 2.20. The van der Waals surface area contributed by atoms with Crippen molar-refractivity contribution >= 4 is 5.78 Å². The fourth-order valence-corrected chi connectivity index (χ4v) is 0.656. The van der Waals surface area contributed by atoms with Crippen LogP contribution in [0.2, 0.25) is 0 Å². The predicted octanol–water partition coefficient (Wildman–Crippen LogP) is 0.383. The lowest BCUT2D eigenvalue weighted by atomic mass is 10.2. The van der Waals surface area contributed by atoms with E-state index in [9.17, 15) is 4.79 Å². The molecule has 0 aliphatic carbocycles. The minimum absolute atomic E-state index is 0.0364. The number of nitrogens with zero attached hydrogens (tertiary/aromatic N) is 1. The molecule has 46 valence electrons. The molecule has 1 aliphatic rings. The van der Waals surface area contributed by atoms with Gasteiger partial charge in [0.05, 0.1) is 0 Å². The number of ketones is 1. The van der Waals surface area contributed by atoms with Gasteiger partial charge in [0, 0.05) is 0 Å². The Bertz CT molecular complexity index is 222. The molecule has 0 aromatic rings. The van der Waals surface area contributed by atoms with Crippen molar-refractivity contribution in [2.75, 3.05) is 6.61 Å². The molecule has 3 heteroatoms. The van der Waals surface area contributed by atoms with Gasteiger partial charge in [0.1, 0.15) is 17.4 Å². The van der Waals surface area contributed by atoms with E-state index in [0.29, 0.717) is 5.76 Å². The van der Waals surface area contributed by atoms with E-state index in [1.165, 1.54) is 0 Å². The van der Waals surface area contributed by atoms with E-state index >= 15 is 0 Å². The van der Waals surface area contributed by atoms with Gasteiger partial charge in [-0.2, -0.15) is 5.26 Å². The smallest absolute Gasteiger partial charge is 0.214 e. The first kappa shape index (κ1) is 5.83. The average molecular weight is 123 g/mol. The van der Waals surface area contributed by atoms with E-state index in [-0.39, 0.29) is 18.0 Å². The third-order valence-electron chi connectivity index (χ3n) is 1.16. The Labute approximate surface area is 52.5 Å². The molecule has 1 rings (SSSR count). The largest absolute Gasteiger partial charge is 0.489 e. The van der Waals surface area contributed by atoms with E-state index < -0.39 is 0 Å². The Balaban J connectivity index is 2.99. The zero-order chi connectivity index (χ0) is 6.85. The topological polar surface area (TPSA) is 50.1 Å². The first-order valence-electron chi connectivity index (χ1n) is 2.52. The Morgan fingerprint density at radius 1 is 1.78 bits per heavy atom. The second-order valence-corrected chi connectivity index (χ2v) is 1.75. The van der Waals surface area contributed by atoms with Gasteiger partial charge in [0.15, 0.2) is 6.61 Å². The molecule has 3 nitrogen and oxygen atoms in total. The molecule has 0 atom stereocenters. The summed E-state index contributed by atoms with van der Waals surface area (Å²) in [6.07, 6.45) is 0. The van der Waals surface area contributed by atoms with Crippen LogP contribution in [-0.2, 0) is 9.53 Å². The molecule has 9 heavy (non-hydrogen) atoms. The van der Waals surface area contributed by atoms with Gasteiger partial charge in [-0.05, 0) is 6.92 Å². The molecule has 1 aliphatic heterocycles. The van der Waals surface area contributed by atoms with Crippen LogP contribution in [0.1, 0.15) is 6.92 Å². The maximum Gasteiger partial charge on any atom is 0.214 e. The summed E-state index contributed by atoms with van der Waals surface area (Å²) < 4.78 is 4.78. The number of carbonyl (C=O) groups is 1. The second-order valence-electron chi connectivity index (χ2n) is 1.75. The molecule has 0 bridgehead atoms. The molecule has 0 aromatic heterocycles. The molecule has 0 unspecified atom stereocenters. The van der Waals surface area contributed by atoms with Gasteiger partial charge in [0.25, 0.3) is 0 Å². The van der Waals surface area contributed by atoms with E-state index in [2.05, 4.69) is 0 Å². The van der Waals surface area contributed by atoms with Crippen LogP contribution in [0.15, 0.2) is 11.3 Å². The Morgan fingerprint density at radius 2 is 2.44 bits per heavy atom. The van der Waals surface area contributed by atoms with E-state index in [4.69, 9.17) is 10.00 Å². The van der Waals surface area contributed by atoms with Crippen LogP contribution < -0.4 is 0 Å². The summed E-state index contributed by atoms with van der Waals surface area (Å²) in [4.78, 5) is 10.6. The summed E-state index contributed by atoms with van der Waals surface area (Å²) in [6.45, 7) is 1.65. The highest BCUT2D eigenvalue weighted by Crippen LogP contribution is 2.13. The van der Waals surface area contributed by atoms with Gasteiger partial charge in [0.2, 0.25) is 5.78 Å². The van der Waals surface area contributed by atoms with Crippen molar-refractivity contribution in [2.45, 2.75) is 6.92 Å². The van der Waals surface area contributed by atoms with Crippen molar-refractivity contribution in [3.63, 3.8) is 0 Å². The predicted molar refractivity (Wildman–Crippen MR) is 29.3 cm³/mol. The van der Waals surface area contributed by atoms with Crippen LogP contribution in [0.4, 0.5) is 0 Å². The summed E-state index contributed by atoms with van der Waals surface area (Å²) in [5.41, 5.74) is 0.162. The van der Waals surface area contributed by atoms with Gasteiger partial charge < -0.3 is 4.74 Å². The summed E-state index contributed by atoms with van der Waals surface area (Å²) >= 11 is 0. The Morgan fingerprint density at radius 3 is 2.67 bits per heavy atom. The molecular weight excluding hydrogens is 118 g/mol. The van der Waals surface area contributed by atoms with Crippen molar-refractivity contribution in [1.82, 2.24) is 0 Å². The van der Waals surface area contributed by atoms with Gasteiger partial charge in [-0.25, -0.2) is 0 Å². The Kier molecular flexibility index (Phi) is 1.23. The lowest BCUT2D eigenvalue weighted by molar-refractivity contribution is -0.116. The zero-order valence-electron chi connectivity index (χ0n) is 4.97. The van der Waals surface area contributed by atoms with Crippen LogP contribution in [0.25, 0.3) is 0 Å². The van der Waals surface area contributed by atoms with Crippen LogP contribution >= 0.6 is 0 Å². The minimum Gasteiger partial charge on any atom is -0.489 e. The van der Waals surface area contributed by atoms with Crippen LogP contribution in [-0.4, -0.2) is 12.4 Å². The highest BCUT2D eigenvalue weighted by molar-refractivity contribution is 6.02. The summed E-state index contributed by atoms with van der Waals surface area (Å²) in [5.74, 6) is 0.234. The van der Waals surface area contributed by atoms with Crippen LogP contribution in [0.5, 0.6) is 0 Å². The fourth-order valence-electron chi connectivity index (χ4n) is 0.656. The minimum atomic E-state index is -0.213. The normalized spacial score (nSPS) is 17.6. The molecule has 0 amide bonds. The van der Waals surface area contributed by atoms with Crippen molar-refractivity contribution in [3.8, 4) is 6.07 Å². The van der Waals surface area contributed by atoms with Crippen molar-refractivity contribution in [3.05, 3.63) is 11.3 Å². The zero-order valence-corrected chi connectivity index (χ0v) is 4.97. The fraction of sp³-hybridized carbons (Fsp3) is 0.333. The first-order chi connectivity index (χ1) is 4.25. The Hall–Kier alpha value is -1.30. The molecule has 0 spiro atoms. The standard InChI is InChI=1S/C6H5NO2/c1-4-5(2-7)6(8)3-9-4/h3H2,1H3. The van der Waals surface area contributed by atoms with Crippen molar-refractivity contribution in [1.29, 1.82) is 5.26 Å². The number of nitriles is 1. The monoisotopic (exact) mass is 123 g/mol. The molecular formula is C6H5NO2. The SMILES string of the molecule is CC1=C(C#N)C(=O)CO1. The molecule has 0 saturated carbocycles. The molecule has 0 saturated heterocycles. The van der Waals surface area contributed by atoms with Crippen LogP contribution in [0, 0.1) is 11.3 Å². The van der Waals surface area contributed by atoms with E-state index in [1.54, 1.807) is 13.0 Å². The number of rotatable bonds is 0. The van der Waals surface area contributed by atoms with Crippen molar-refractivity contribution < 1.29 is 9.53 Å². The number of ether oxygens (including phenoxy) is 1. The summed E-state index contributed by atoms with van der Waals surface area (Å²) in [5, 5.41) is 8.30. The molecule has 0 radical (unpaired) electrons. The molecule has 1 heterocycles. The maximum atomic E-state index is 10.6. The van der Waals surface area contributed by atoms with Crippen LogP contribution in [0.3, 0.4) is 0 Å². The second kappa shape index (κ2) is 1.90. The lowest BCUT2D eigenvalue weighted by Crippen LogP contribution is -1.98. The summed E-state index contributed by atoms with van der Waals surface area (Å²) in [7, 11) is 0. The van der Waals surface area contributed by atoms with Gasteiger partial charge >= 0.3 is 0 Å². The first-order valence-corrected chi connectivity index (χ1v) is 2.52.